The van der Waals surface area contributed by atoms with Crippen molar-refractivity contribution in [3.05, 3.63) is 65.7 Å². The van der Waals surface area contributed by atoms with Gasteiger partial charge in [-0.1, -0.05) is 81.1 Å². The van der Waals surface area contributed by atoms with Crippen LogP contribution in [0.15, 0.2) is 54.6 Å². The van der Waals surface area contributed by atoms with Crippen molar-refractivity contribution < 1.29 is 4.74 Å². The summed E-state index contributed by atoms with van der Waals surface area (Å²) in [5, 5.41) is 3.55. The van der Waals surface area contributed by atoms with Gasteiger partial charge >= 0.3 is 0 Å². The second kappa shape index (κ2) is 11.7. The van der Waals surface area contributed by atoms with Gasteiger partial charge in [0.15, 0.2) is 0 Å². The number of rotatable bonds is 12. The van der Waals surface area contributed by atoms with Crippen molar-refractivity contribution in [2.75, 3.05) is 13.2 Å². The van der Waals surface area contributed by atoms with Crippen LogP contribution >= 0.6 is 0 Å². The molecule has 0 aromatic heterocycles. The normalized spacial score (nSPS) is 10.7. The smallest absolute Gasteiger partial charge is 0.123 e. The molecule has 0 aliphatic heterocycles. The molecule has 2 rings (SSSR count). The van der Waals surface area contributed by atoms with Crippen LogP contribution in [0.4, 0.5) is 0 Å². The standard InChI is InChI=1S/C22H31NO/c1-2-3-4-5-11-17-23-19-21-14-9-10-15-22(21)24-18-16-20-12-7-6-8-13-20/h6-10,12-15,23H,2-5,11,16-19H2,1H3. The predicted molar refractivity (Wildman–Crippen MR) is 103 cm³/mol. The molecular formula is C22H31NO. The average molecular weight is 325 g/mol. The molecule has 2 aromatic rings. The highest BCUT2D eigenvalue weighted by Crippen LogP contribution is 2.18. The van der Waals surface area contributed by atoms with Crippen LogP contribution in [0.2, 0.25) is 0 Å². The second-order valence-corrected chi connectivity index (χ2v) is 6.28. The monoisotopic (exact) mass is 325 g/mol. The van der Waals surface area contributed by atoms with Crippen molar-refractivity contribution in [2.45, 2.75) is 52.0 Å². The van der Waals surface area contributed by atoms with Crippen molar-refractivity contribution in [1.29, 1.82) is 0 Å². The largest absolute Gasteiger partial charge is 0.493 e. The first kappa shape index (κ1) is 18.5. The first-order chi connectivity index (χ1) is 11.9. The Hall–Kier alpha value is -1.80. The maximum absolute atomic E-state index is 6.01. The second-order valence-electron chi connectivity index (χ2n) is 6.28. The molecule has 0 aliphatic carbocycles. The third-order valence-corrected chi connectivity index (χ3v) is 4.24. The number of unbranched alkanes of at least 4 members (excludes halogenated alkanes) is 4. The molecule has 0 saturated heterocycles. The van der Waals surface area contributed by atoms with Gasteiger partial charge in [-0.25, -0.2) is 0 Å². The lowest BCUT2D eigenvalue weighted by molar-refractivity contribution is 0.317. The van der Waals surface area contributed by atoms with E-state index in [9.17, 15) is 0 Å². The highest BCUT2D eigenvalue weighted by atomic mass is 16.5. The van der Waals surface area contributed by atoms with E-state index in [1.54, 1.807) is 0 Å². The number of benzene rings is 2. The van der Waals surface area contributed by atoms with Crippen molar-refractivity contribution >= 4 is 0 Å². The topological polar surface area (TPSA) is 21.3 Å². The summed E-state index contributed by atoms with van der Waals surface area (Å²) in [4.78, 5) is 0. The molecule has 0 atom stereocenters. The van der Waals surface area contributed by atoms with Gasteiger partial charge in [-0.15, -0.1) is 0 Å². The average Bonchev–Trinajstić information content (AvgIpc) is 2.63. The molecule has 2 heteroatoms. The number of hydrogen-bond acceptors (Lipinski definition) is 2. The molecule has 1 N–H and O–H groups in total. The van der Waals surface area contributed by atoms with Crippen LogP contribution in [0.3, 0.4) is 0 Å². The molecule has 0 bridgehead atoms. The molecular weight excluding hydrogens is 294 g/mol. The van der Waals surface area contributed by atoms with Gasteiger partial charge in [0, 0.05) is 18.5 Å². The number of hydrogen-bond donors (Lipinski definition) is 1. The minimum absolute atomic E-state index is 0.720. The number of nitrogens with one attached hydrogen (secondary N) is 1. The molecule has 0 spiro atoms. The van der Waals surface area contributed by atoms with E-state index in [2.05, 4.69) is 54.7 Å². The van der Waals surface area contributed by atoms with E-state index < -0.39 is 0 Å². The highest BCUT2D eigenvalue weighted by Gasteiger charge is 2.03. The van der Waals surface area contributed by atoms with Crippen LogP contribution in [-0.2, 0) is 13.0 Å². The first-order valence-corrected chi connectivity index (χ1v) is 9.35. The SMILES string of the molecule is CCCCCCCNCc1ccccc1OCCc1ccccc1. The van der Waals surface area contributed by atoms with E-state index in [0.717, 1.165) is 31.9 Å². The molecule has 0 amide bonds. The van der Waals surface area contributed by atoms with Crippen LogP contribution < -0.4 is 10.1 Å². The molecule has 24 heavy (non-hydrogen) atoms. The van der Waals surface area contributed by atoms with E-state index in [0.29, 0.717) is 0 Å². The molecule has 0 radical (unpaired) electrons. The van der Waals surface area contributed by atoms with Crippen LogP contribution in [0, 0.1) is 0 Å². The molecule has 2 aromatic carbocycles. The van der Waals surface area contributed by atoms with Crippen LogP contribution in [0.5, 0.6) is 5.75 Å². The number of ether oxygens (including phenoxy) is 1. The van der Waals surface area contributed by atoms with Crippen LogP contribution in [0.25, 0.3) is 0 Å². The van der Waals surface area contributed by atoms with E-state index in [-0.39, 0.29) is 0 Å². The van der Waals surface area contributed by atoms with Gasteiger partial charge in [-0.3, -0.25) is 0 Å². The Morgan fingerprint density at radius 3 is 2.42 bits per heavy atom. The first-order valence-electron chi connectivity index (χ1n) is 9.35. The molecule has 0 heterocycles. The molecule has 0 aliphatic rings. The lowest BCUT2D eigenvalue weighted by Crippen LogP contribution is -2.15. The third kappa shape index (κ3) is 7.18. The van der Waals surface area contributed by atoms with Gasteiger partial charge in [0.05, 0.1) is 6.61 Å². The summed E-state index contributed by atoms with van der Waals surface area (Å²) in [6.07, 6.45) is 7.56. The Labute approximate surface area is 147 Å². The minimum atomic E-state index is 0.720. The van der Waals surface area contributed by atoms with Gasteiger partial charge < -0.3 is 10.1 Å². The Bertz CT molecular complexity index is 553. The van der Waals surface area contributed by atoms with Gasteiger partial charge in [0.2, 0.25) is 0 Å². The van der Waals surface area contributed by atoms with Crippen LogP contribution in [-0.4, -0.2) is 13.2 Å². The van der Waals surface area contributed by atoms with Crippen molar-refractivity contribution in [1.82, 2.24) is 5.32 Å². The summed E-state index contributed by atoms with van der Waals surface area (Å²) in [5.74, 6) is 1.01. The van der Waals surface area contributed by atoms with Gasteiger partial charge in [0.25, 0.3) is 0 Å². The lowest BCUT2D eigenvalue weighted by atomic mass is 10.1. The fourth-order valence-corrected chi connectivity index (χ4v) is 2.79. The Morgan fingerprint density at radius 1 is 0.833 bits per heavy atom. The third-order valence-electron chi connectivity index (χ3n) is 4.24. The molecule has 0 fully saturated rings. The van der Waals surface area contributed by atoms with Crippen molar-refractivity contribution in [2.24, 2.45) is 0 Å². The Morgan fingerprint density at radius 2 is 1.58 bits per heavy atom. The summed E-state index contributed by atoms with van der Waals surface area (Å²) >= 11 is 0. The van der Waals surface area contributed by atoms with Gasteiger partial charge in [0.1, 0.15) is 5.75 Å². The van der Waals surface area contributed by atoms with E-state index >= 15 is 0 Å². The molecule has 2 nitrogen and oxygen atoms in total. The summed E-state index contributed by atoms with van der Waals surface area (Å²) in [6, 6.07) is 18.9. The summed E-state index contributed by atoms with van der Waals surface area (Å²) in [6.45, 7) is 4.95. The van der Waals surface area contributed by atoms with E-state index in [1.807, 2.05) is 12.1 Å². The molecule has 130 valence electrons. The Balaban J connectivity index is 1.69. The van der Waals surface area contributed by atoms with Crippen LogP contribution in [0.1, 0.15) is 50.2 Å². The highest BCUT2D eigenvalue weighted by molar-refractivity contribution is 5.33. The van der Waals surface area contributed by atoms with Crippen molar-refractivity contribution in [3.8, 4) is 5.75 Å². The summed E-state index contributed by atoms with van der Waals surface area (Å²) in [5.41, 5.74) is 2.57. The maximum atomic E-state index is 6.01. The molecule has 0 saturated carbocycles. The van der Waals surface area contributed by atoms with Gasteiger partial charge in [-0.2, -0.15) is 0 Å². The quantitative estimate of drug-likeness (QED) is 0.530. The summed E-state index contributed by atoms with van der Waals surface area (Å²) < 4.78 is 6.01. The zero-order valence-corrected chi connectivity index (χ0v) is 15.0. The zero-order chi connectivity index (χ0) is 16.9. The van der Waals surface area contributed by atoms with Crippen molar-refractivity contribution in [3.63, 3.8) is 0 Å². The fraction of sp³-hybridized carbons (Fsp3) is 0.455. The van der Waals surface area contributed by atoms with E-state index in [1.165, 1.54) is 43.2 Å². The fourth-order valence-electron chi connectivity index (χ4n) is 2.79. The van der Waals surface area contributed by atoms with Gasteiger partial charge in [-0.05, 0) is 24.6 Å². The predicted octanol–water partition coefficient (Wildman–Crippen LogP) is 5.37. The Kier molecular flexibility index (Phi) is 9.03. The minimum Gasteiger partial charge on any atom is -0.493 e. The molecule has 0 unspecified atom stereocenters. The maximum Gasteiger partial charge on any atom is 0.123 e. The summed E-state index contributed by atoms with van der Waals surface area (Å²) in [7, 11) is 0. The zero-order valence-electron chi connectivity index (χ0n) is 15.0. The number of para-hydroxylation sites is 1. The van der Waals surface area contributed by atoms with E-state index in [4.69, 9.17) is 4.74 Å². The lowest BCUT2D eigenvalue weighted by Gasteiger charge is -2.12.